The normalized spacial score (nSPS) is 11.4. The van der Waals surface area contributed by atoms with E-state index in [1.807, 2.05) is 69.3 Å². The fourth-order valence-electron chi connectivity index (χ4n) is 8.02. The van der Waals surface area contributed by atoms with Crippen molar-refractivity contribution in [2.45, 2.75) is 135 Å². The highest BCUT2D eigenvalue weighted by molar-refractivity contribution is 7.46. The average Bonchev–Trinajstić information content (AvgIpc) is 3.42. The number of ketones is 2. The zero-order valence-electron chi connectivity index (χ0n) is 47.6. The van der Waals surface area contributed by atoms with E-state index >= 15 is 0 Å². The van der Waals surface area contributed by atoms with Crippen LogP contribution in [0.3, 0.4) is 0 Å². The van der Waals surface area contributed by atoms with Crippen LogP contribution in [0.2, 0.25) is 0 Å². The lowest BCUT2D eigenvalue weighted by atomic mass is 10.0. The minimum atomic E-state index is -4.51. The van der Waals surface area contributed by atoms with E-state index in [-0.39, 0.29) is 126 Å². The van der Waals surface area contributed by atoms with Gasteiger partial charge in [-0.1, -0.05) is 84.5 Å². The Bertz CT molecular complexity index is 2220. The van der Waals surface area contributed by atoms with Crippen LogP contribution in [0.15, 0.2) is 72.8 Å². The van der Waals surface area contributed by atoms with E-state index < -0.39 is 19.3 Å². The van der Waals surface area contributed by atoms with Gasteiger partial charge in [-0.25, -0.2) is 4.57 Å². The monoisotopic (exact) mass is 1150 g/mol. The maximum atomic E-state index is 13.7. The number of carbonyl (C=O) groups is 8. The number of rotatable bonds is 45. The quantitative estimate of drug-likeness (QED) is 0.0177. The SMILES string of the molecule is Cc1ccc(C(=O)CCCCCC(=O)CCOCC(COCCC(=O)NCCCNC(=O)c2ccc(C)cc2)(COCCC(=O)NCCCNC(=O)c2ccc(C)cc2)NC(=O)CCCC(=O)NCCCCCCOP(=O)(O)O)cc1. The lowest BCUT2D eigenvalue weighted by Crippen LogP contribution is -2.58. The maximum absolute atomic E-state index is 13.7. The molecule has 0 radical (unpaired) electrons. The number of hydrogen-bond donors (Lipinski definition) is 8. The van der Waals surface area contributed by atoms with Crippen LogP contribution in [0.25, 0.3) is 0 Å². The van der Waals surface area contributed by atoms with Crippen LogP contribution in [-0.2, 0) is 47.3 Å². The Hall–Kier alpha value is -6.19. The molecule has 22 heteroatoms. The number of benzene rings is 3. The van der Waals surface area contributed by atoms with E-state index in [9.17, 15) is 42.9 Å². The van der Waals surface area contributed by atoms with Gasteiger partial charge < -0.3 is 55.9 Å². The molecule has 0 fully saturated rings. The number of phosphoric ester groups is 1. The Morgan fingerprint density at radius 2 is 0.802 bits per heavy atom. The van der Waals surface area contributed by atoms with E-state index in [1.54, 1.807) is 24.3 Å². The molecular formula is C59H87N6O15P. The van der Waals surface area contributed by atoms with Crippen LogP contribution >= 0.6 is 7.82 Å². The maximum Gasteiger partial charge on any atom is 0.469 e. The molecule has 0 aliphatic heterocycles. The van der Waals surface area contributed by atoms with Gasteiger partial charge in [-0.15, -0.1) is 0 Å². The van der Waals surface area contributed by atoms with E-state index in [4.69, 9.17) is 24.0 Å². The van der Waals surface area contributed by atoms with Gasteiger partial charge in [0.15, 0.2) is 5.78 Å². The highest BCUT2D eigenvalue weighted by atomic mass is 31.2. The fourth-order valence-corrected chi connectivity index (χ4v) is 8.39. The number of phosphoric acid groups is 1. The topological polar surface area (TPSA) is 303 Å². The van der Waals surface area contributed by atoms with Crippen molar-refractivity contribution in [3.63, 3.8) is 0 Å². The molecule has 0 aromatic heterocycles. The Kier molecular flexibility index (Phi) is 34.2. The third-order valence-electron chi connectivity index (χ3n) is 12.8. The summed E-state index contributed by atoms with van der Waals surface area (Å²) < 4.78 is 33.4. The number of ether oxygens (including phenoxy) is 3. The summed E-state index contributed by atoms with van der Waals surface area (Å²) in [6, 6.07) is 21.8. The van der Waals surface area contributed by atoms with Crippen molar-refractivity contribution in [1.82, 2.24) is 31.9 Å². The zero-order valence-corrected chi connectivity index (χ0v) is 48.5. The molecule has 448 valence electrons. The lowest BCUT2D eigenvalue weighted by molar-refractivity contribution is -0.131. The van der Waals surface area contributed by atoms with Crippen molar-refractivity contribution in [2.75, 3.05) is 79.0 Å². The molecule has 0 aliphatic rings. The smallest absolute Gasteiger partial charge is 0.378 e. The molecule has 6 amide bonds. The predicted octanol–water partition coefficient (Wildman–Crippen LogP) is 6.22. The molecule has 0 heterocycles. The first-order valence-corrected chi connectivity index (χ1v) is 29.7. The second-order valence-electron chi connectivity index (χ2n) is 20.2. The molecule has 0 saturated carbocycles. The lowest BCUT2D eigenvalue weighted by Gasteiger charge is -2.34. The van der Waals surface area contributed by atoms with Crippen molar-refractivity contribution in [3.05, 3.63) is 106 Å². The molecule has 21 nitrogen and oxygen atoms in total. The first-order valence-electron chi connectivity index (χ1n) is 28.2. The number of Topliss-reactive ketones (excluding diaryl/α,β-unsaturated/α-hetero) is 2. The van der Waals surface area contributed by atoms with E-state index in [0.717, 1.165) is 16.7 Å². The van der Waals surface area contributed by atoms with Gasteiger partial charge in [-0.05, 0) is 90.0 Å². The number of hydrogen-bond acceptors (Lipinski definition) is 13. The average molecular weight is 1150 g/mol. The molecule has 3 aromatic rings. The first kappa shape index (κ1) is 69.1. The van der Waals surface area contributed by atoms with Gasteiger partial charge in [0.25, 0.3) is 11.8 Å². The van der Waals surface area contributed by atoms with Gasteiger partial charge in [0.1, 0.15) is 11.3 Å². The number of nitrogens with one attached hydrogen (secondary N) is 6. The summed E-state index contributed by atoms with van der Waals surface area (Å²) in [4.78, 5) is 120. The van der Waals surface area contributed by atoms with Crippen LogP contribution < -0.4 is 31.9 Å². The minimum absolute atomic E-state index is 0.00543. The summed E-state index contributed by atoms with van der Waals surface area (Å²) in [6.45, 7) is 6.76. The number of aryl methyl sites for hydroxylation is 3. The van der Waals surface area contributed by atoms with Gasteiger partial charge in [0, 0.05) is 94.4 Å². The summed E-state index contributed by atoms with van der Waals surface area (Å²) in [5.41, 5.74) is 3.52. The van der Waals surface area contributed by atoms with E-state index in [0.29, 0.717) is 120 Å². The second kappa shape index (κ2) is 40.1. The molecule has 0 unspecified atom stereocenters. The molecule has 0 bridgehead atoms. The summed E-state index contributed by atoms with van der Waals surface area (Å²) >= 11 is 0. The molecule has 0 spiro atoms. The standard InChI is InChI=1S/C59H87N6O15P/c1-45-18-24-48(25-19-45)52(67)15-8-6-7-14-51(66)30-39-77-42-59(65-56(71)17-11-16-53(68)60-33-9-4-5-10-38-80-81(74,75)76,43-78-40-31-54(69)61-34-12-36-63-57(72)49-26-20-46(2)21-27-49)44-79-41-32-55(70)62-35-13-37-64-58(73)50-28-22-47(3)23-29-50/h18-29H,4-17,30-44H2,1-3H3,(H,60,68)(H,61,69)(H,62,70)(H,63,72)(H,64,73)(H,65,71)(H2,74,75,76). The second-order valence-corrected chi connectivity index (χ2v) is 21.5. The van der Waals surface area contributed by atoms with Gasteiger partial charge in [-0.3, -0.25) is 42.9 Å². The molecule has 0 saturated heterocycles. The van der Waals surface area contributed by atoms with Crippen molar-refractivity contribution in [3.8, 4) is 0 Å². The predicted molar refractivity (Wildman–Crippen MR) is 306 cm³/mol. The minimum Gasteiger partial charge on any atom is -0.378 e. The van der Waals surface area contributed by atoms with Crippen molar-refractivity contribution >= 4 is 54.8 Å². The van der Waals surface area contributed by atoms with Crippen molar-refractivity contribution in [2.24, 2.45) is 0 Å². The third-order valence-corrected chi connectivity index (χ3v) is 13.3. The summed E-state index contributed by atoms with van der Waals surface area (Å²) in [7, 11) is -4.51. The van der Waals surface area contributed by atoms with E-state index in [1.165, 1.54) is 0 Å². The van der Waals surface area contributed by atoms with Crippen LogP contribution in [0.1, 0.15) is 157 Å². The molecule has 8 N–H and O–H groups in total. The zero-order chi connectivity index (χ0) is 59.1. The van der Waals surface area contributed by atoms with Crippen LogP contribution in [0.5, 0.6) is 0 Å². The van der Waals surface area contributed by atoms with Crippen LogP contribution in [0.4, 0.5) is 0 Å². The summed E-state index contributed by atoms with van der Waals surface area (Å²) in [6.07, 6.45) is 6.26. The first-order chi connectivity index (χ1) is 38.8. The molecule has 3 rings (SSSR count). The summed E-state index contributed by atoms with van der Waals surface area (Å²) in [5.74, 6) is -1.71. The van der Waals surface area contributed by atoms with Gasteiger partial charge >= 0.3 is 7.82 Å². The van der Waals surface area contributed by atoms with Gasteiger partial charge in [0.05, 0.1) is 46.2 Å². The highest BCUT2D eigenvalue weighted by Gasteiger charge is 2.34. The summed E-state index contributed by atoms with van der Waals surface area (Å²) in [5, 5.41) is 17.1. The van der Waals surface area contributed by atoms with Gasteiger partial charge in [-0.2, -0.15) is 0 Å². The number of carbonyl (C=O) groups excluding carboxylic acids is 8. The molecule has 3 aromatic carbocycles. The Labute approximate surface area is 477 Å². The molecule has 0 aliphatic carbocycles. The van der Waals surface area contributed by atoms with Crippen LogP contribution in [0, 0.1) is 20.8 Å². The third kappa shape index (κ3) is 33.4. The van der Waals surface area contributed by atoms with Crippen molar-refractivity contribution < 1.29 is 71.4 Å². The fraction of sp³-hybridized carbons (Fsp3) is 0.559. The largest absolute Gasteiger partial charge is 0.469 e. The molecule has 0 atom stereocenters. The number of unbranched alkanes of at least 4 members (excludes halogenated alkanes) is 5. The van der Waals surface area contributed by atoms with Gasteiger partial charge in [0.2, 0.25) is 23.6 Å². The highest BCUT2D eigenvalue weighted by Crippen LogP contribution is 2.35. The Morgan fingerprint density at radius 3 is 1.30 bits per heavy atom. The molecule has 81 heavy (non-hydrogen) atoms. The van der Waals surface area contributed by atoms with E-state index in [2.05, 4.69) is 36.4 Å². The van der Waals surface area contributed by atoms with Crippen molar-refractivity contribution in [1.29, 1.82) is 0 Å². The van der Waals surface area contributed by atoms with Crippen LogP contribution in [-0.4, -0.2) is 141 Å². The Balaban J connectivity index is 1.58. The Morgan fingerprint density at radius 1 is 0.407 bits per heavy atom. The molecular weight excluding hydrogens is 1060 g/mol. The number of amides is 6.